The van der Waals surface area contributed by atoms with Crippen molar-refractivity contribution in [2.45, 2.75) is 57.5 Å². The zero-order valence-electron chi connectivity index (χ0n) is 11.9. The summed E-state index contributed by atoms with van der Waals surface area (Å²) in [5.74, 6) is -3.07. The van der Waals surface area contributed by atoms with Crippen molar-refractivity contribution < 1.29 is 27.9 Å². The fourth-order valence-electron chi connectivity index (χ4n) is 2.66. The lowest BCUT2D eigenvalue weighted by Gasteiger charge is -2.29. The number of aliphatic carboxylic acids is 1. The number of nitrogens with one attached hydrogen (secondary N) is 1. The van der Waals surface area contributed by atoms with Crippen LogP contribution in [0.1, 0.15) is 51.4 Å². The molecule has 0 aromatic heterocycles. The molecule has 0 spiro atoms. The topological polar surface area (TPSA) is 66.4 Å². The Bertz CT molecular complexity index is 358. The molecule has 1 aliphatic carbocycles. The van der Waals surface area contributed by atoms with Gasteiger partial charge in [0.1, 0.15) is 0 Å². The second-order valence-electron chi connectivity index (χ2n) is 5.60. The lowest BCUT2D eigenvalue weighted by Crippen LogP contribution is -2.37. The van der Waals surface area contributed by atoms with E-state index in [2.05, 4.69) is 5.32 Å². The molecule has 1 rings (SSSR count). The quantitative estimate of drug-likeness (QED) is 0.710. The van der Waals surface area contributed by atoms with Crippen LogP contribution in [-0.2, 0) is 9.59 Å². The number of halogens is 3. The maximum absolute atomic E-state index is 12.7. The fourth-order valence-corrected chi connectivity index (χ4v) is 2.66. The van der Waals surface area contributed by atoms with Gasteiger partial charge in [0.05, 0.1) is 5.92 Å². The molecule has 2 atom stereocenters. The van der Waals surface area contributed by atoms with E-state index in [0.717, 1.165) is 0 Å². The van der Waals surface area contributed by atoms with Gasteiger partial charge in [-0.2, -0.15) is 13.2 Å². The third kappa shape index (κ3) is 6.82. The van der Waals surface area contributed by atoms with Gasteiger partial charge in [-0.25, -0.2) is 0 Å². The van der Waals surface area contributed by atoms with Crippen LogP contribution >= 0.6 is 0 Å². The molecule has 1 aliphatic rings. The van der Waals surface area contributed by atoms with Crippen molar-refractivity contribution in [2.75, 3.05) is 6.54 Å². The lowest BCUT2D eigenvalue weighted by atomic mass is 9.80. The second kappa shape index (κ2) is 8.24. The van der Waals surface area contributed by atoms with Crippen molar-refractivity contribution in [2.24, 2.45) is 11.8 Å². The van der Waals surface area contributed by atoms with E-state index in [1.807, 2.05) is 0 Å². The average molecular weight is 309 g/mol. The van der Waals surface area contributed by atoms with Crippen molar-refractivity contribution in [1.82, 2.24) is 5.32 Å². The summed E-state index contributed by atoms with van der Waals surface area (Å²) < 4.78 is 38.0. The van der Waals surface area contributed by atoms with Gasteiger partial charge >= 0.3 is 12.1 Å². The van der Waals surface area contributed by atoms with Crippen LogP contribution in [0.5, 0.6) is 0 Å². The third-order valence-electron chi connectivity index (χ3n) is 3.87. The predicted octanol–water partition coefficient (Wildman–Crippen LogP) is 3.12. The van der Waals surface area contributed by atoms with Gasteiger partial charge in [0, 0.05) is 18.9 Å². The molecule has 2 unspecified atom stereocenters. The van der Waals surface area contributed by atoms with Crippen LogP contribution in [0.3, 0.4) is 0 Å². The molecule has 1 fully saturated rings. The summed E-state index contributed by atoms with van der Waals surface area (Å²) in [6.45, 7) is 0.394. The molecule has 4 nitrogen and oxygen atoms in total. The van der Waals surface area contributed by atoms with Gasteiger partial charge in [-0.15, -0.1) is 0 Å². The van der Waals surface area contributed by atoms with Gasteiger partial charge in [0.2, 0.25) is 5.91 Å². The molecule has 2 N–H and O–H groups in total. The molecule has 0 bridgehead atoms. The third-order valence-corrected chi connectivity index (χ3v) is 3.87. The van der Waals surface area contributed by atoms with E-state index < -0.39 is 24.0 Å². The Hall–Kier alpha value is -1.27. The number of hydrogen-bond donors (Lipinski definition) is 2. The van der Waals surface area contributed by atoms with Crippen LogP contribution < -0.4 is 5.32 Å². The van der Waals surface area contributed by atoms with E-state index >= 15 is 0 Å². The van der Waals surface area contributed by atoms with Crippen molar-refractivity contribution in [3.63, 3.8) is 0 Å². The summed E-state index contributed by atoms with van der Waals surface area (Å²) in [4.78, 5) is 22.1. The standard InChI is InChI=1S/C14H22F3NO3/c15-14(16,17)11-6-4-5-10(9-11)13(21)18-8-3-1-2-7-12(19)20/h10-11H,1-9H2,(H,18,21)(H,19,20). The van der Waals surface area contributed by atoms with Gasteiger partial charge in [-0.3, -0.25) is 9.59 Å². The minimum absolute atomic E-state index is 0.101. The summed E-state index contributed by atoms with van der Waals surface area (Å²) in [7, 11) is 0. The normalized spacial score (nSPS) is 22.8. The number of amides is 1. The van der Waals surface area contributed by atoms with Crippen molar-refractivity contribution in [1.29, 1.82) is 0 Å². The molecule has 0 heterocycles. The Morgan fingerprint density at radius 1 is 1.14 bits per heavy atom. The molecule has 0 aromatic carbocycles. The molecule has 122 valence electrons. The highest BCUT2D eigenvalue weighted by molar-refractivity contribution is 5.78. The monoisotopic (exact) mass is 309 g/mol. The predicted molar refractivity (Wildman–Crippen MR) is 70.6 cm³/mol. The smallest absolute Gasteiger partial charge is 0.391 e. The van der Waals surface area contributed by atoms with Crippen LogP contribution in [0.25, 0.3) is 0 Å². The highest BCUT2D eigenvalue weighted by Crippen LogP contribution is 2.39. The van der Waals surface area contributed by atoms with Gasteiger partial charge in [0.25, 0.3) is 0 Å². The Labute approximate surface area is 122 Å². The molecule has 21 heavy (non-hydrogen) atoms. The highest BCUT2D eigenvalue weighted by atomic mass is 19.4. The Balaban J connectivity index is 2.21. The lowest BCUT2D eigenvalue weighted by molar-refractivity contribution is -0.186. The average Bonchev–Trinajstić information content (AvgIpc) is 2.41. The minimum atomic E-state index is -4.21. The molecule has 0 aromatic rings. The first kappa shape index (κ1) is 17.8. The summed E-state index contributed by atoms with van der Waals surface area (Å²) in [5, 5.41) is 11.1. The molecule has 0 saturated heterocycles. The first-order valence-electron chi connectivity index (χ1n) is 7.37. The second-order valence-corrected chi connectivity index (χ2v) is 5.60. The number of carbonyl (C=O) groups excluding carboxylic acids is 1. The molecule has 0 aliphatic heterocycles. The van der Waals surface area contributed by atoms with E-state index in [1.165, 1.54) is 0 Å². The number of carboxylic acids is 1. The number of hydrogen-bond acceptors (Lipinski definition) is 2. The maximum Gasteiger partial charge on any atom is 0.391 e. The largest absolute Gasteiger partial charge is 0.481 e. The first-order chi connectivity index (χ1) is 9.80. The molecule has 0 radical (unpaired) electrons. The summed E-state index contributed by atoms with van der Waals surface area (Å²) in [5.41, 5.74) is 0. The Morgan fingerprint density at radius 3 is 2.48 bits per heavy atom. The maximum atomic E-state index is 12.7. The molecular formula is C14H22F3NO3. The fraction of sp³-hybridized carbons (Fsp3) is 0.857. The molecule has 7 heteroatoms. The molecule has 1 saturated carbocycles. The highest BCUT2D eigenvalue weighted by Gasteiger charge is 2.43. The van der Waals surface area contributed by atoms with Crippen LogP contribution in [0.4, 0.5) is 13.2 Å². The first-order valence-corrected chi connectivity index (χ1v) is 7.37. The van der Waals surface area contributed by atoms with Crippen LogP contribution in [0, 0.1) is 11.8 Å². The van der Waals surface area contributed by atoms with E-state index in [-0.39, 0.29) is 25.2 Å². The van der Waals surface area contributed by atoms with Crippen molar-refractivity contribution in [3.8, 4) is 0 Å². The summed E-state index contributed by atoms with van der Waals surface area (Å²) in [6, 6.07) is 0. The van der Waals surface area contributed by atoms with Crippen molar-refractivity contribution >= 4 is 11.9 Å². The number of unbranched alkanes of at least 4 members (excludes halogenated alkanes) is 2. The van der Waals surface area contributed by atoms with Gasteiger partial charge in [-0.05, 0) is 32.1 Å². The number of rotatable bonds is 7. The summed E-state index contributed by atoms with van der Waals surface area (Å²) >= 11 is 0. The molecule has 1 amide bonds. The van der Waals surface area contributed by atoms with Crippen LogP contribution in [0.15, 0.2) is 0 Å². The van der Waals surface area contributed by atoms with Crippen LogP contribution in [0.2, 0.25) is 0 Å². The minimum Gasteiger partial charge on any atom is -0.481 e. The number of alkyl halides is 3. The molecular weight excluding hydrogens is 287 g/mol. The van der Waals surface area contributed by atoms with Gasteiger partial charge in [-0.1, -0.05) is 12.8 Å². The SMILES string of the molecule is O=C(O)CCCCCNC(=O)C1CCCC(C(F)(F)F)C1. The number of carbonyl (C=O) groups is 2. The van der Waals surface area contributed by atoms with E-state index in [0.29, 0.717) is 38.6 Å². The summed E-state index contributed by atoms with van der Waals surface area (Å²) in [6.07, 6.45) is -1.30. The van der Waals surface area contributed by atoms with E-state index in [4.69, 9.17) is 5.11 Å². The zero-order valence-corrected chi connectivity index (χ0v) is 11.9. The zero-order chi connectivity index (χ0) is 15.9. The van der Waals surface area contributed by atoms with Crippen LogP contribution in [-0.4, -0.2) is 29.7 Å². The van der Waals surface area contributed by atoms with E-state index in [9.17, 15) is 22.8 Å². The van der Waals surface area contributed by atoms with Gasteiger partial charge in [0.15, 0.2) is 0 Å². The number of carboxylic acid groups (broad SMARTS) is 1. The van der Waals surface area contributed by atoms with Crippen molar-refractivity contribution in [3.05, 3.63) is 0 Å². The van der Waals surface area contributed by atoms with Gasteiger partial charge < -0.3 is 10.4 Å². The Kier molecular flexibility index (Phi) is 6.98. The van der Waals surface area contributed by atoms with E-state index in [1.54, 1.807) is 0 Å². The Morgan fingerprint density at radius 2 is 1.86 bits per heavy atom.